The highest BCUT2D eigenvalue weighted by Gasteiger charge is 2.82. The van der Waals surface area contributed by atoms with Crippen molar-refractivity contribution >= 4 is 29.3 Å². The minimum Gasteiger partial charge on any atom is -0.461 e. The van der Waals surface area contributed by atoms with E-state index in [4.69, 9.17) is 25.8 Å². The van der Waals surface area contributed by atoms with Crippen molar-refractivity contribution in [3.05, 3.63) is 23.8 Å². The number of esters is 2. The van der Waals surface area contributed by atoms with Crippen LogP contribution in [0, 0.1) is 28.6 Å². The van der Waals surface area contributed by atoms with Gasteiger partial charge in [-0.25, -0.2) is 0 Å². The number of rotatable bonds is 5. The Morgan fingerprint density at radius 2 is 1.90 bits per heavy atom. The molecule has 2 N–H and O–H groups in total. The van der Waals surface area contributed by atoms with Crippen molar-refractivity contribution in [2.45, 2.75) is 108 Å². The first-order chi connectivity index (χ1) is 19.0. The summed E-state index contributed by atoms with van der Waals surface area (Å²) in [5, 5.41) is 25.1. The molecule has 0 aromatic heterocycles. The highest BCUT2D eigenvalue weighted by atomic mass is 35.5. The molecule has 2 saturated carbocycles. The molecule has 0 amide bonds. The lowest BCUT2D eigenvalue weighted by atomic mass is 9.45. The van der Waals surface area contributed by atoms with Crippen LogP contribution in [0.15, 0.2) is 23.8 Å². The van der Waals surface area contributed by atoms with Crippen LogP contribution >= 0.6 is 11.6 Å². The number of ether oxygens (including phenoxy) is 3. The van der Waals surface area contributed by atoms with Gasteiger partial charge < -0.3 is 24.5 Å². The van der Waals surface area contributed by atoms with Crippen LogP contribution in [-0.4, -0.2) is 74.2 Å². The van der Waals surface area contributed by atoms with Crippen molar-refractivity contribution in [2.75, 3.05) is 13.2 Å². The van der Waals surface area contributed by atoms with Crippen molar-refractivity contribution < 1.29 is 38.9 Å². The number of nitrogens with zero attached hydrogens (tertiary/aromatic N) is 1. The maximum Gasteiger partial charge on any atom is 0.305 e. The number of aliphatic hydroxyl groups excluding tert-OH is 1. The number of carbonyl (C=O) groups excluding carboxylic acids is 3. The van der Waals surface area contributed by atoms with Gasteiger partial charge in [-0.05, 0) is 51.0 Å². The first-order valence-electron chi connectivity index (χ1n) is 14.7. The molecule has 0 aromatic rings. The summed E-state index contributed by atoms with van der Waals surface area (Å²) in [6.07, 6.45) is 6.09. The number of hydroxylamine groups is 2. The van der Waals surface area contributed by atoms with E-state index in [0.29, 0.717) is 12.8 Å². The Morgan fingerprint density at radius 1 is 1.22 bits per heavy atom. The lowest BCUT2D eigenvalue weighted by molar-refractivity contribution is -0.360. The van der Waals surface area contributed by atoms with Gasteiger partial charge in [0.05, 0.1) is 23.1 Å². The van der Waals surface area contributed by atoms with E-state index < -0.39 is 50.6 Å². The summed E-state index contributed by atoms with van der Waals surface area (Å²) >= 11 is 7.63. The van der Waals surface area contributed by atoms with Gasteiger partial charge in [-0.1, -0.05) is 45.4 Å². The average molecular weight is 594 g/mol. The molecule has 1 heterocycles. The molecule has 5 aliphatic rings. The summed E-state index contributed by atoms with van der Waals surface area (Å²) in [5.41, 5.74) is -4.92. The Labute approximate surface area is 247 Å². The van der Waals surface area contributed by atoms with Crippen LogP contribution in [0.4, 0.5) is 0 Å². The number of halogens is 1. The first-order valence-corrected chi connectivity index (χ1v) is 15.1. The van der Waals surface area contributed by atoms with Gasteiger partial charge in [0.1, 0.15) is 6.61 Å². The average Bonchev–Trinajstić information content (AvgIpc) is 3.26. The van der Waals surface area contributed by atoms with Crippen LogP contribution < -0.4 is 0 Å². The molecule has 9 atom stereocenters. The zero-order valence-electron chi connectivity index (χ0n) is 25.2. The summed E-state index contributed by atoms with van der Waals surface area (Å²) in [7, 11) is 0. The van der Waals surface area contributed by atoms with Crippen LogP contribution in [-0.2, 0) is 28.6 Å². The van der Waals surface area contributed by atoms with Gasteiger partial charge in [-0.2, -0.15) is 0 Å². The third kappa shape index (κ3) is 3.78. The first kappa shape index (κ1) is 30.7. The second kappa shape index (κ2) is 9.61. The molecule has 0 aromatic carbocycles. The number of fused-ring (bicyclic) bond motifs is 5. The molecule has 4 aliphatic carbocycles. The number of aliphatic hydroxyl groups is 1. The third-order valence-corrected chi connectivity index (χ3v) is 12.3. The van der Waals surface area contributed by atoms with Crippen LogP contribution in [0.3, 0.4) is 0 Å². The normalized spacial score (nSPS) is 46.8. The molecule has 10 heteroatoms. The molecule has 1 saturated heterocycles. The molecule has 228 valence electrons. The van der Waals surface area contributed by atoms with E-state index in [2.05, 4.69) is 6.08 Å². The Morgan fingerprint density at radius 3 is 2.49 bits per heavy atom. The lowest BCUT2D eigenvalue weighted by Crippen LogP contribution is -2.77. The Kier molecular flexibility index (Phi) is 7.19. The number of allylic oxidation sites excluding steroid dienone is 4. The van der Waals surface area contributed by atoms with E-state index in [1.165, 1.54) is 6.92 Å². The molecule has 3 fully saturated rings. The predicted octanol–water partition coefficient (Wildman–Crippen LogP) is 4.32. The predicted molar refractivity (Wildman–Crippen MR) is 150 cm³/mol. The molecule has 0 bridgehead atoms. The summed E-state index contributed by atoms with van der Waals surface area (Å²) in [4.78, 5) is 36.7. The minimum atomic E-state index is -1.74. The van der Waals surface area contributed by atoms with Gasteiger partial charge in [0.2, 0.25) is 5.72 Å². The Balaban J connectivity index is 1.70. The number of alkyl halides is 1. The lowest BCUT2D eigenvalue weighted by Gasteiger charge is -2.65. The quantitative estimate of drug-likeness (QED) is 0.272. The third-order valence-electron chi connectivity index (χ3n) is 11.3. The van der Waals surface area contributed by atoms with Crippen LogP contribution in [0.2, 0.25) is 0 Å². The largest absolute Gasteiger partial charge is 0.461 e. The molecule has 0 radical (unpaired) electrons. The minimum absolute atomic E-state index is 0.0125. The van der Waals surface area contributed by atoms with Gasteiger partial charge in [-0.15, -0.1) is 16.7 Å². The number of hydrogen-bond donors (Lipinski definition) is 2. The number of ketones is 1. The van der Waals surface area contributed by atoms with Gasteiger partial charge in [0.15, 0.2) is 11.4 Å². The van der Waals surface area contributed by atoms with E-state index in [0.717, 1.165) is 10.6 Å². The molecule has 9 nitrogen and oxygen atoms in total. The number of carbonyl (C=O) groups is 3. The van der Waals surface area contributed by atoms with Crippen molar-refractivity contribution in [1.82, 2.24) is 5.06 Å². The summed E-state index contributed by atoms with van der Waals surface area (Å²) in [6, 6.07) is 0. The van der Waals surface area contributed by atoms with Crippen LogP contribution in [0.1, 0.15) is 80.6 Å². The zero-order chi connectivity index (χ0) is 30.4. The highest BCUT2D eigenvalue weighted by molar-refractivity contribution is 6.26. The molecule has 41 heavy (non-hydrogen) atoms. The second-order valence-corrected chi connectivity index (χ2v) is 14.6. The number of hydrogen-bond acceptors (Lipinski definition) is 9. The van der Waals surface area contributed by atoms with E-state index in [1.54, 1.807) is 13.0 Å². The topological polar surface area (TPSA) is 123 Å². The molecule has 3 unspecified atom stereocenters. The summed E-state index contributed by atoms with van der Waals surface area (Å²) < 4.78 is 18.6. The van der Waals surface area contributed by atoms with Crippen molar-refractivity contribution in [3.63, 3.8) is 0 Å². The fraction of sp³-hybridized carbons (Fsp3) is 0.774. The monoisotopic (exact) mass is 593 g/mol. The van der Waals surface area contributed by atoms with Gasteiger partial charge in [0.25, 0.3) is 0 Å². The smallest absolute Gasteiger partial charge is 0.305 e. The van der Waals surface area contributed by atoms with E-state index >= 15 is 0 Å². The van der Waals surface area contributed by atoms with Gasteiger partial charge >= 0.3 is 11.9 Å². The highest BCUT2D eigenvalue weighted by Crippen LogP contribution is 2.74. The van der Waals surface area contributed by atoms with Crippen molar-refractivity contribution in [3.8, 4) is 0 Å². The van der Waals surface area contributed by atoms with Crippen LogP contribution in [0.25, 0.3) is 0 Å². The molecule has 5 rings (SSSR count). The molecular weight excluding hydrogens is 550 g/mol. The SMILES string of the molecule is CCC(=O)OCC1([C@@]2(OC(C)=O)[C@@H](C)CC3C4CC=C5CC(=O)C=C[C@]5(C)[C@@]4(Cl)[C@@H](O)C[C@@]32C)OCC(C)(C)N1O. The van der Waals surface area contributed by atoms with Crippen molar-refractivity contribution in [1.29, 1.82) is 0 Å². The fourth-order valence-electron chi connectivity index (χ4n) is 9.45. The Hall–Kier alpha value is -1.78. The molecule has 0 spiro atoms. The zero-order valence-corrected chi connectivity index (χ0v) is 25.9. The second-order valence-electron chi connectivity index (χ2n) is 13.9. The Bertz CT molecular complexity index is 1220. The van der Waals surface area contributed by atoms with E-state index in [9.17, 15) is 24.7 Å². The molecular formula is C31H44ClNO8. The van der Waals surface area contributed by atoms with Gasteiger partial charge in [0, 0.05) is 36.5 Å². The van der Waals surface area contributed by atoms with Gasteiger partial charge in [-0.3, -0.25) is 14.4 Å². The van der Waals surface area contributed by atoms with Crippen LogP contribution in [0.5, 0.6) is 0 Å². The summed E-state index contributed by atoms with van der Waals surface area (Å²) in [5.74, 6) is -1.82. The standard InChI is InChI=1S/C31H44ClNO8/c1-8-25(37)39-17-29(33(38)26(4,5)16-40-29)31(41-19(3)34)18(2)13-23-22-10-9-20-14-21(35)11-12-27(20,6)30(22,32)24(36)15-28(23,31)7/h9,11-12,18,22-24,36,38H,8,10,13-17H2,1-7H3/t18-,22?,23?,24-,27-,28-,29?,30-,31+/m0/s1. The fourth-order valence-corrected chi connectivity index (χ4v) is 9.96. The van der Waals surface area contributed by atoms with E-state index in [-0.39, 0.29) is 56.0 Å². The maximum atomic E-state index is 13.0. The molecule has 1 aliphatic heterocycles. The summed E-state index contributed by atoms with van der Waals surface area (Å²) in [6.45, 7) is 12.3. The van der Waals surface area contributed by atoms with E-state index in [1.807, 2.05) is 40.7 Å². The van der Waals surface area contributed by atoms with Crippen molar-refractivity contribution in [2.24, 2.45) is 28.6 Å². The maximum absolute atomic E-state index is 13.0.